The molecular weight excluding hydrogens is 336 g/mol. The van der Waals surface area contributed by atoms with Gasteiger partial charge in [-0.15, -0.1) is 0 Å². The van der Waals surface area contributed by atoms with Gasteiger partial charge in [0, 0.05) is 18.0 Å². The lowest BCUT2D eigenvalue weighted by Gasteiger charge is -2.18. The van der Waals surface area contributed by atoms with E-state index in [4.69, 9.17) is 0 Å². The quantitative estimate of drug-likeness (QED) is 0.606. The number of benzene rings is 1. The third kappa shape index (κ3) is 2.68. The maximum atomic E-state index is 13.1. The maximum absolute atomic E-state index is 13.1. The van der Waals surface area contributed by atoms with Crippen molar-refractivity contribution in [3.63, 3.8) is 0 Å². The van der Waals surface area contributed by atoms with Gasteiger partial charge in [0.15, 0.2) is 0 Å². The fourth-order valence-corrected chi connectivity index (χ4v) is 3.57. The first-order valence-corrected chi connectivity index (χ1v) is 9.02. The second-order valence-electron chi connectivity index (χ2n) is 6.89. The van der Waals surface area contributed by atoms with Crippen LogP contribution in [0.5, 0.6) is 0 Å². The van der Waals surface area contributed by atoms with E-state index in [0.717, 1.165) is 35.2 Å². The number of aromatic nitrogens is 3. The Morgan fingerprint density at radius 1 is 0.963 bits per heavy atom. The van der Waals surface area contributed by atoms with Crippen LogP contribution in [0.1, 0.15) is 28.9 Å². The molecule has 0 saturated heterocycles. The average molecular weight is 354 g/mol. The van der Waals surface area contributed by atoms with Gasteiger partial charge in [-0.2, -0.15) is 0 Å². The lowest BCUT2D eigenvalue weighted by molar-refractivity contribution is 0.0926. The standard InChI is InChI=1S/C22H18N4O/c27-21(25-22(11-12-22)16-7-2-1-3-8-16)20-17(9-6-13-23-20)19-18-10-4-5-14-26(18)15-24-19/h1-10,13-15H,11-12H2,(H,25,27). The van der Waals surface area contributed by atoms with Crippen LogP contribution in [0.4, 0.5) is 0 Å². The number of amides is 1. The van der Waals surface area contributed by atoms with Crippen LogP contribution in [-0.2, 0) is 5.54 Å². The minimum Gasteiger partial charge on any atom is -0.341 e. The molecule has 3 heterocycles. The molecule has 0 unspecified atom stereocenters. The summed E-state index contributed by atoms with van der Waals surface area (Å²) in [4.78, 5) is 22.0. The van der Waals surface area contributed by atoms with Gasteiger partial charge in [0.2, 0.25) is 0 Å². The predicted molar refractivity (Wildman–Crippen MR) is 103 cm³/mol. The van der Waals surface area contributed by atoms with Gasteiger partial charge in [-0.1, -0.05) is 36.4 Å². The highest BCUT2D eigenvalue weighted by atomic mass is 16.2. The van der Waals surface area contributed by atoms with Gasteiger partial charge in [0.05, 0.1) is 23.1 Å². The second-order valence-corrected chi connectivity index (χ2v) is 6.89. The highest BCUT2D eigenvalue weighted by Crippen LogP contribution is 2.45. The van der Waals surface area contributed by atoms with Gasteiger partial charge in [-0.05, 0) is 42.7 Å². The molecule has 1 aliphatic carbocycles. The lowest BCUT2D eigenvalue weighted by atomic mass is 10.0. The summed E-state index contributed by atoms with van der Waals surface area (Å²) < 4.78 is 1.94. The molecule has 5 rings (SSSR count). The van der Waals surface area contributed by atoms with Gasteiger partial charge in [-0.25, -0.2) is 4.98 Å². The number of nitrogens with zero attached hydrogens (tertiary/aromatic N) is 3. The number of imidazole rings is 1. The van der Waals surface area contributed by atoms with E-state index in [1.807, 2.05) is 59.1 Å². The van der Waals surface area contributed by atoms with E-state index in [-0.39, 0.29) is 11.4 Å². The van der Waals surface area contributed by atoms with Gasteiger partial charge in [0.1, 0.15) is 5.69 Å². The van der Waals surface area contributed by atoms with Gasteiger partial charge < -0.3 is 9.72 Å². The predicted octanol–water partition coefficient (Wildman–Crippen LogP) is 3.82. The molecule has 0 aliphatic heterocycles. The molecule has 0 spiro atoms. The van der Waals surface area contributed by atoms with Crippen molar-refractivity contribution < 1.29 is 4.79 Å². The van der Waals surface area contributed by atoms with Gasteiger partial charge in [-0.3, -0.25) is 9.78 Å². The Kier molecular flexibility index (Phi) is 3.53. The van der Waals surface area contributed by atoms with Crippen molar-refractivity contribution in [3.05, 3.63) is 90.6 Å². The minimum absolute atomic E-state index is 0.163. The molecule has 1 aromatic carbocycles. The molecule has 3 aromatic heterocycles. The molecule has 0 bridgehead atoms. The Hall–Kier alpha value is -3.47. The SMILES string of the molecule is O=C(NC1(c2ccccc2)CC1)c1ncccc1-c1ncn2ccccc12. The summed E-state index contributed by atoms with van der Waals surface area (Å²) in [6, 6.07) is 19.8. The molecule has 4 aromatic rings. The van der Waals surface area contributed by atoms with Gasteiger partial charge >= 0.3 is 0 Å². The number of hydrogen-bond acceptors (Lipinski definition) is 3. The van der Waals surface area contributed by atoms with Crippen LogP contribution < -0.4 is 5.32 Å². The molecule has 27 heavy (non-hydrogen) atoms. The van der Waals surface area contributed by atoms with Crippen LogP contribution in [-0.4, -0.2) is 20.3 Å². The number of rotatable bonds is 4. The van der Waals surface area contributed by atoms with Crippen molar-refractivity contribution in [2.75, 3.05) is 0 Å². The van der Waals surface area contributed by atoms with Gasteiger partial charge in [0.25, 0.3) is 5.91 Å². The Labute approximate surface area is 156 Å². The number of carbonyl (C=O) groups is 1. The first-order chi connectivity index (χ1) is 13.3. The zero-order chi connectivity index (χ0) is 18.3. The number of fused-ring (bicyclic) bond motifs is 1. The van der Waals surface area contributed by atoms with Crippen LogP contribution in [0.2, 0.25) is 0 Å². The third-order valence-corrected chi connectivity index (χ3v) is 5.15. The zero-order valence-electron chi connectivity index (χ0n) is 14.7. The fraction of sp³-hybridized carbons (Fsp3) is 0.136. The molecular formula is C22H18N4O. The minimum atomic E-state index is -0.274. The van der Waals surface area contributed by atoms with Crippen molar-refractivity contribution in [2.24, 2.45) is 0 Å². The van der Waals surface area contributed by atoms with Crippen LogP contribution in [0.3, 0.4) is 0 Å². The summed E-state index contributed by atoms with van der Waals surface area (Å²) in [6.07, 6.45) is 7.23. The molecule has 1 fully saturated rings. The summed E-state index contributed by atoms with van der Waals surface area (Å²) in [7, 11) is 0. The number of pyridine rings is 2. The zero-order valence-corrected chi connectivity index (χ0v) is 14.7. The number of carbonyl (C=O) groups excluding carboxylic acids is 1. The number of hydrogen-bond donors (Lipinski definition) is 1. The Morgan fingerprint density at radius 2 is 1.78 bits per heavy atom. The molecule has 1 amide bonds. The molecule has 0 atom stereocenters. The molecule has 5 heteroatoms. The first kappa shape index (κ1) is 15.8. The maximum Gasteiger partial charge on any atom is 0.271 e. The van der Waals surface area contributed by atoms with E-state index in [1.54, 1.807) is 12.5 Å². The Bertz CT molecular complexity index is 1130. The first-order valence-electron chi connectivity index (χ1n) is 9.02. The van der Waals surface area contributed by atoms with E-state index >= 15 is 0 Å². The second kappa shape index (κ2) is 6.06. The van der Waals surface area contributed by atoms with Crippen molar-refractivity contribution in [3.8, 4) is 11.3 Å². The smallest absolute Gasteiger partial charge is 0.271 e. The Balaban J connectivity index is 1.52. The molecule has 1 saturated carbocycles. The summed E-state index contributed by atoms with van der Waals surface area (Å²) in [5, 5.41) is 3.21. The van der Waals surface area contributed by atoms with Crippen molar-refractivity contribution in [1.29, 1.82) is 0 Å². The van der Waals surface area contributed by atoms with E-state index in [2.05, 4.69) is 27.4 Å². The largest absolute Gasteiger partial charge is 0.341 e. The number of nitrogens with one attached hydrogen (secondary N) is 1. The molecule has 132 valence electrons. The highest BCUT2D eigenvalue weighted by molar-refractivity contribution is 6.00. The third-order valence-electron chi connectivity index (χ3n) is 5.15. The van der Waals surface area contributed by atoms with Crippen LogP contribution >= 0.6 is 0 Å². The van der Waals surface area contributed by atoms with E-state index in [0.29, 0.717) is 5.69 Å². The summed E-state index contributed by atoms with van der Waals surface area (Å²) in [5.41, 5.74) is 3.73. The van der Waals surface area contributed by atoms with Crippen LogP contribution in [0, 0.1) is 0 Å². The molecule has 1 aliphatic rings. The molecule has 0 radical (unpaired) electrons. The van der Waals surface area contributed by atoms with E-state index in [1.165, 1.54) is 0 Å². The van der Waals surface area contributed by atoms with E-state index in [9.17, 15) is 4.79 Å². The average Bonchev–Trinajstić information content (AvgIpc) is 3.38. The summed E-state index contributed by atoms with van der Waals surface area (Å²) >= 11 is 0. The fourth-order valence-electron chi connectivity index (χ4n) is 3.57. The van der Waals surface area contributed by atoms with Crippen molar-refractivity contribution in [2.45, 2.75) is 18.4 Å². The highest BCUT2D eigenvalue weighted by Gasteiger charge is 2.46. The van der Waals surface area contributed by atoms with Crippen LogP contribution in [0.15, 0.2) is 79.4 Å². The lowest BCUT2D eigenvalue weighted by Crippen LogP contribution is -2.35. The van der Waals surface area contributed by atoms with Crippen molar-refractivity contribution >= 4 is 11.4 Å². The molecule has 1 N–H and O–H groups in total. The van der Waals surface area contributed by atoms with Crippen LogP contribution in [0.25, 0.3) is 16.8 Å². The summed E-state index contributed by atoms with van der Waals surface area (Å²) in [6.45, 7) is 0. The van der Waals surface area contributed by atoms with Crippen molar-refractivity contribution in [1.82, 2.24) is 19.7 Å². The summed E-state index contributed by atoms with van der Waals surface area (Å²) in [5.74, 6) is -0.163. The Morgan fingerprint density at radius 3 is 2.59 bits per heavy atom. The molecule has 5 nitrogen and oxygen atoms in total. The topological polar surface area (TPSA) is 59.3 Å². The monoisotopic (exact) mass is 354 g/mol. The van der Waals surface area contributed by atoms with E-state index < -0.39 is 0 Å². The normalized spacial score (nSPS) is 14.8.